The molecule has 3 amide bonds. The van der Waals surface area contributed by atoms with Gasteiger partial charge in [-0.3, -0.25) is 14.4 Å². The second-order valence-electron chi connectivity index (χ2n) is 7.55. The maximum Gasteiger partial charge on any atom is 0.253 e. The van der Waals surface area contributed by atoms with Gasteiger partial charge in [0.15, 0.2) is 0 Å². The molecule has 1 fully saturated rings. The van der Waals surface area contributed by atoms with E-state index in [2.05, 4.69) is 10.6 Å². The summed E-state index contributed by atoms with van der Waals surface area (Å²) in [5.74, 6) is -1.27. The Morgan fingerprint density at radius 1 is 1.03 bits per heavy atom. The average Bonchev–Trinajstić information content (AvgIpc) is 2.78. The first-order valence-electron chi connectivity index (χ1n) is 10.3. The van der Waals surface area contributed by atoms with Gasteiger partial charge in [0.05, 0.1) is 5.92 Å². The predicted octanol–water partition coefficient (Wildman–Crippen LogP) is 2.32. The van der Waals surface area contributed by atoms with Crippen LogP contribution in [0.15, 0.2) is 48.5 Å². The lowest BCUT2D eigenvalue weighted by molar-refractivity contribution is -0.126. The molecule has 1 aliphatic heterocycles. The lowest BCUT2D eigenvalue weighted by Crippen LogP contribution is -2.45. The zero-order chi connectivity index (χ0) is 22.2. The largest absolute Gasteiger partial charge is 0.508 e. The highest BCUT2D eigenvalue weighted by atomic mass is 19.1. The van der Waals surface area contributed by atoms with Gasteiger partial charge in [-0.05, 0) is 61.7 Å². The van der Waals surface area contributed by atoms with Crippen LogP contribution < -0.4 is 10.6 Å². The van der Waals surface area contributed by atoms with E-state index in [9.17, 15) is 23.9 Å². The van der Waals surface area contributed by atoms with Crippen LogP contribution in [0.3, 0.4) is 0 Å². The van der Waals surface area contributed by atoms with Crippen molar-refractivity contribution in [1.82, 2.24) is 15.5 Å². The van der Waals surface area contributed by atoms with Crippen molar-refractivity contribution in [3.63, 3.8) is 0 Å². The number of phenolic OH excluding ortho intramolecular Hbond substituents is 1. The quantitative estimate of drug-likeness (QED) is 0.591. The van der Waals surface area contributed by atoms with E-state index in [0.29, 0.717) is 50.1 Å². The molecule has 3 N–H and O–H groups in total. The minimum atomic E-state index is -0.398. The Morgan fingerprint density at radius 2 is 1.77 bits per heavy atom. The molecule has 31 heavy (non-hydrogen) atoms. The number of phenols is 1. The first-order valence-corrected chi connectivity index (χ1v) is 10.3. The molecule has 1 saturated heterocycles. The van der Waals surface area contributed by atoms with Gasteiger partial charge in [-0.2, -0.15) is 0 Å². The Kier molecular flexibility index (Phi) is 7.59. The fourth-order valence-corrected chi connectivity index (χ4v) is 3.55. The second kappa shape index (κ2) is 10.6. The van der Waals surface area contributed by atoms with Gasteiger partial charge >= 0.3 is 0 Å². The number of benzene rings is 2. The Morgan fingerprint density at radius 3 is 2.52 bits per heavy atom. The Bertz CT molecular complexity index is 933. The van der Waals surface area contributed by atoms with Crippen LogP contribution in [0.1, 0.15) is 40.0 Å². The van der Waals surface area contributed by atoms with E-state index >= 15 is 0 Å². The summed E-state index contributed by atoms with van der Waals surface area (Å²) >= 11 is 0. The maximum absolute atomic E-state index is 13.1. The number of piperidine rings is 1. The molecule has 8 heteroatoms. The summed E-state index contributed by atoms with van der Waals surface area (Å²) in [6.07, 6.45) is 1.99. The number of nitrogens with one attached hydrogen (secondary N) is 2. The van der Waals surface area contributed by atoms with Gasteiger partial charge in [-0.25, -0.2) is 4.39 Å². The van der Waals surface area contributed by atoms with Crippen molar-refractivity contribution >= 4 is 17.7 Å². The van der Waals surface area contributed by atoms with E-state index < -0.39 is 5.82 Å². The summed E-state index contributed by atoms with van der Waals surface area (Å²) in [5, 5.41) is 15.0. The Hall–Kier alpha value is -3.42. The Balaban J connectivity index is 1.39. The number of rotatable bonds is 7. The normalized spacial score (nSPS) is 15.9. The SMILES string of the molecule is O=C(NCCCNC(=O)C1CCCN(C(=O)c2ccc(F)cc2)C1)c1cccc(O)c1. The minimum Gasteiger partial charge on any atom is -0.508 e. The van der Waals surface area contributed by atoms with Gasteiger partial charge in [-0.15, -0.1) is 0 Å². The number of halogens is 1. The summed E-state index contributed by atoms with van der Waals surface area (Å²) in [7, 11) is 0. The lowest BCUT2D eigenvalue weighted by Gasteiger charge is -2.32. The monoisotopic (exact) mass is 427 g/mol. The van der Waals surface area contributed by atoms with Crippen LogP contribution in [0.4, 0.5) is 4.39 Å². The molecule has 0 aromatic heterocycles. The predicted molar refractivity (Wildman–Crippen MR) is 113 cm³/mol. The molecule has 1 unspecified atom stereocenters. The van der Waals surface area contributed by atoms with Crippen LogP contribution in [0.25, 0.3) is 0 Å². The van der Waals surface area contributed by atoms with Crippen LogP contribution >= 0.6 is 0 Å². The van der Waals surface area contributed by atoms with E-state index in [1.807, 2.05) is 0 Å². The topological polar surface area (TPSA) is 98.7 Å². The zero-order valence-electron chi connectivity index (χ0n) is 17.1. The first kappa shape index (κ1) is 22.3. The molecule has 1 heterocycles. The van der Waals surface area contributed by atoms with Gasteiger partial charge in [-0.1, -0.05) is 6.07 Å². The van der Waals surface area contributed by atoms with E-state index in [-0.39, 0.29) is 29.4 Å². The number of amides is 3. The molecule has 0 aliphatic carbocycles. The summed E-state index contributed by atoms with van der Waals surface area (Å²) in [5.41, 5.74) is 0.780. The standard InChI is InChI=1S/C23H26FN3O4/c24-19-9-7-16(8-10-19)23(31)27-13-2-5-18(15-27)22(30)26-12-3-11-25-21(29)17-4-1-6-20(28)14-17/h1,4,6-10,14,18,28H,2-3,5,11-13,15H2,(H,25,29)(H,26,30). The number of hydrogen-bond donors (Lipinski definition) is 3. The molecule has 3 rings (SSSR count). The van der Waals surface area contributed by atoms with E-state index in [1.165, 1.54) is 36.4 Å². The fourth-order valence-electron chi connectivity index (χ4n) is 3.55. The third kappa shape index (κ3) is 6.28. The van der Waals surface area contributed by atoms with Crippen LogP contribution in [-0.2, 0) is 4.79 Å². The average molecular weight is 427 g/mol. The van der Waals surface area contributed by atoms with E-state index in [0.717, 1.165) is 6.42 Å². The van der Waals surface area contributed by atoms with E-state index in [1.54, 1.807) is 17.0 Å². The zero-order valence-corrected chi connectivity index (χ0v) is 17.1. The third-order valence-electron chi connectivity index (χ3n) is 5.22. The molecule has 2 aromatic carbocycles. The second-order valence-corrected chi connectivity index (χ2v) is 7.55. The van der Waals surface area contributed by atoms with Crippen LogP contribution in [-0.4, -0.2) is 53.9 Å². The first-order chi connectivity index (χ1) is 14.9. The number of aromatic hydroxyl groups is 1. The van der Waals surface area contributed by atoms with Crippen LogP contribution in [0.5, 0.6) is 5.75 Å². The molecular weight excluding hydrogens is 401 g/mol. The lowest BCUT2D eigenvalue weighted by atomic mass is 9.96. The molecule has 1 atom stereocenters. The summed E-state index contributed by atoms with van der Waals surface area (Å²) in [6, 6.07) is 11.5. The number of carbonyl (C=O) groups excluding carboxylic acids is 3. The summed E-state index contributed by atoms with van der Waals surface area (Å²) in [6.45, 7) is 1.69. The summed E-state index contributed by atoms with van der Waals surface area (Å²) < 4.78 is 13.1. The van der Waals surface area contributed by atoms with Gasteiger partial charge in [0.25, 0.3) is 11.8 Å². The summed E-state index contributed by atoms with van der Waals surface area (Å²) in [4.78, 5) is 38.7. The fraction of sp³-hybridized carbons (Fsp3) is 0.348. The maximum atomic E-state index is 13.1. The molecule has 2 aromatic rings. The van der Waals surface area contributed by atoms with Crippen molar-refractivity contribution in [3.05, 3.63) is 65.5 Å². The Labute approximate surface area is 180 Å². The van der Waals surface area contributed by atoms with Gasteiger partial charge in [0.1, 0.15) is 11.6 Å². The highest BCUT2D eigenvalue weighted by Gasteiger charge is 2.28. The molecule has 0 bridgehead atoms. The van der Waals surface area contributed by atoms with Crippen molar-refractivity contribution in [2.24, 2.45) is 5.92 Å². The molecule has 0 saturated carbocycles. The molecule has 7 nitrogen and oxygen atoms in total. The molecule has 164 valence electrons. The highest BCUT2D eigenvalue weighted by Crippen LogP contribution is 2.19. The van der Waals surface area contributed by atoms with E-state index in [4.69, 9.17) is 0 Å². The van der Waals surface area contributed by atoms with Crippen molar-refractivity contribution in [1.29, 1.82) is 0 Å². The van der Waals surface area contributed by atoms with Gasteiger partial charge in [0, 0.05) is 37.3 Å². The van der Waals surface area contributed by atoms with Crippen LogP contribution in [0, 0.1) is 11.7 Å². The molecular formula is C23H26FN3O4. The highest BCUT2D eigenvalue weighted by molar-refractivity contribution is 5.95. The van der Waals surface area contributed by atoms with Crippen LogP contribution in [0.2, 0.25) is 0 Å². The molecule has 1 aliphatic rings. The van der Waals surface area contributed by atoms with Gasteiger partial charge < -0.3 is 20.6 Å². The van der Waals surface area contributed by atoms with Crippen molar-refractivity contribution in [2.75, 3.05) is 26.2 Å². The number of hydrogen-bond acceptors (Lipinski definition) is 4. The van der Waals surface area contributed by atoms with Crippen molar-refractivity contribution in [2.45, 2.75) is 19.3 Å². The third-order valence-corrected chi connectivity index (χ3v) is 5.22. The van der Waals surface area contributed by atoms with Gasteiger partial charge in [0.2, 0.25) is 5.91 Å². The van der Waals surface area contributed by atoms with Crippen molar-refractivity contribution in [3.8, 4) is 5.75 Å². The number of likely N-dealkylation sites (tertiary alicyclic amines) is 1. The smallest absolute Gasteiger partial charge is 0.253 e. The molecule has 0 spiro atoms. The molecule has 0 radical (unpaired) electrons. The number of nitrogens with zero attached hydrogens (tertiary/aromatic N) is 1. The van der Waals surface area contributed by atoms with Crippen molar-refractivity contribution < 1.29 is 23.9 Å². The minimum absolute atomic E-state index is 0.0272. The number of carbonyl (C=O) groups is 3.